The molecule has 0 atom stereocenters. The van der Waals surface area contributed by atoms with Gasteiger partial charge in [-0.3, -0.25) is 4.79 Å². The number of benzene rings is 1. The Morgan fingerprint density at radius 1 is 1.11 bits per heavy atom. The van der Waals surface area contributed by atoms with Crippen molar-refractivity contribution in [3.8, 4) is 5.75 Å². The van der Waals surface area contributed by atoms with Crippen LogP contribution in [0.1, 0.15) is 28.8 Å². The lowest BCUT2D eigenvalue weighted by molar-refractivity contribution is 0.103. The fourth-order valence-corrected chi connectivity index (χ4v) is 1.85. The van der Waals surface area contributed by atoms with Gasteiger partial charge in [-0.2, -0.15) is 0 Å². The van der Waals surface area contributed by atoms with Gasteiger partial charge in [0.25, 0.3) is 0 Å². The molecule has 0 saturated heterocycles. The molecule has 2 aromatic rings. The number of rotatable bonds is 4. The summed E-state index contributed by atoms with van der Waals surface area (Å²) in [5.41, 5.74) is 1.15. The van der Waals surface area contributed by atoms with Crippen LogP contribution in [0.2, 0.25) is 5.15 Å². The SMILES string of the molecule is O=C(c1ccc(OC2CC2)cc1)c1ccc(Cl)nc1. The van der Waals surface area contributed by atoms with Crippen LogP contribution in [0.15, 0.2) is 42.6 Å². The van der Waals surface area contributed by atoms with Crippen molar-refractivity contribution >= 4 is 17.4 Å². The molecule has 19 heavy (non-hydrogen) atoms. The first-order chi connectivity index (χ1) is 9.22. The zero-order valence-electron chi connectivity index (χ0n) is 10.2. The lowest BCUT2D eigenvalue weighted by Crippen LogP contribution is -2.02. The number of hydrogen-bond acceptors (Lipinski definition) is 3. The molecule has 0 N–H and O–H groups in total. The molecule has 1 aliphatic rings. The monoisotopic (exact) mass is 273 g/mol. The Bertz CT molecular complexity index is 589. The average molecular weight is 274 g/mol. The van der Waals surface area contributed by atoms with Gasteiger partial charge in [0.15, 0.2) is 5.78 Å². The van der Waals surface area contributed by atoms with Crippen molar-refractivity contribution in [1.82, 2.24) is 4.98 Å². The van der Waals surface area contributed by atoms with Crippen LogP contribution in [0.5, 0.6) is 5.75 Å². The number of nitrogens with zero attached hydrogens (tertiary/aromatic N) is 1. The van der Waals surface area contributed by atoms with Gasteiger partial charge in [-0.25, -0.2) is 4.98 Å². The van der Waals surface area contributed by atoms with Crippen molar-refractivity contribution in [2.24, 2.45) is 0 Å². The summed E-state index contributed by atoms with van der Waals surface area (Å²) >= 11 is 5.70. The Labute approximate surface area is 116 Å². The molecule has 3 nitrogen and oxygen atoms in total. The summed E-state index contributed by atoms with van der Waals surface area (Å²) in [6, 6.07) is 10.5. The second-order valence-corrected chi connectivity index (χ2v) is 4.93. The van der Waals surface area contributed by atoms with E-state index in [1.807, 2.05) is 12.1 Å². The number of hydrogen-bond donors (Lipinski definition) is 0. The fraction of sp³-hybridized carbons (Fsp3) is 0.200. The van der Waals surface area contributed by atoms with Crippen molar-refractivity contribution in [2.75, 3.05) is 0 Å². The Morgan fingerprint density at radius 2 is 1.79 bits per heavy atom. The molecule has 0 amide bonds. The molecule has 1 saturated carbocycles. The Kier molecular flexibility index (Phi) is 3.22. The molecule has 1 aromatic carbocycles. The number of carbonyl (C=O) groups is 1. The molecule has 0 unspecified atom stereocenters. The standard InChI is InChI=1S/C15H12ClNO2/c16-14-8-3-11(9-17-14)15(18)10-1-4-12(5-2-10)19-13-6-7-13/h1-5,8-9,13H,6-7H2. The molecule has 0 bridgehead atoms. The van der Waals surface area contributed by atoms with Crippen molar-refractivity contribution in [3.63, 3.8) is 0 Å². The van der Waals surface area contributed by atoms with Crippen molar-refractivity contribution < 1.29 is 9.53 Å². The van der Waals surface area contributed by atoms with Crippen LogP contribution in [0.4, 0.5) is 0 Å². The van der Waals surface area contributed by atoms with E-state index >= 15 is 0 Å². The molecule has 4 heteroatoms. The van der Waals surface area contributed by atoms with E-state index < -0.39 is 0 Å². The summed E-state index contributed by atoms with van der Waals surface area (Å²) in [6.45, 7) is 0. The maximum Gasteiger partial charge on any atom is 0.194 e. The van der Waals surface area contributed by atoms with Gasteiger partial charge in [0.05, 0.1) is 6.10 Å². The summed E-state index contributed by atoms with van der Waals surface area (Å²) in [6.07, 6.45) is 4.09. The summed E-state index contributed by atoms with van der Waals surface area (Å²) in [5.74, 6) is 0.746. The second kappa shape index (κ2) is 5.02. The number of ether oxygens (including phenoxy) is 1. The van der Waals surface area contributed by atoms with Gasteiger partial charge >= 0.3 is 0 Å². The smallest absolute Gasteiger partial charge is 0.194 e. The number of aromatic nitrogens is 1. The molecule has 0 spiro atoms. The molecular weight excluding hydrogens is 262 g/mol. The van der Waals surface area contributed by atoms with Gasteiger partial charge in [0, 0.05) is 17.3 Å². The summed E-state index contributed by atoms with van der Waals surface area (Å²) in [5, 5.41) is 0.379. The highest BCUT2D eigenvalue weighted by atomic mass is 35.5. The van der Waals surface area contributed by atoms with E-state index in [1.54, 1.807) is 24.3 Å². The minimum Gasteiger partial charge on any atom is -0.490 e. The predicted octanol–water partition coefficient (Wildman–Crippen LogP) is 3.51. The summed E-state index contributed by atoms with van der Waals surface area (Å²) < 4.78 is 5.64. The highest BCUT2D eigenvalue weighted by Gasteiger charge is 2.23. The molecule has 1 aliphatic carbocycles. The van der Waals surface area contributed by atoms with Crippen LogP contribution < -0.4 is 4.74 Å². The average Bonchev–Trinajstić information content (AvgIpc) is 3.24. The predicted molar refractivity (Wildman–Crippen MR) is 72.8 cm³/mol. The highest BCUT2D eigenvalue weighted by molar-refractivity contribution is 6.29. The maximum atomic E-state index is 12.2. The number of halogens is 1. The van der Waals surface area contributed by atoms with E-state index in [9.17, 15) is 4.79 Å². The fourth-order valence-electron chi connectivity index (χ4n) is 1.74. The van der Waals surface area contributed by atoms with Gasteiger partial charge in [-0.15, -0.1) is 0 Å². The topological polar surface area (TPSA) is 39.2 Å². The van der Waals surface area contributed by atoms with Crippen LogP contribution in [-0.2, 0) is 0 Å². The van der Waals surface area contributed by atoms with E-state index in [1.165, 1.54) is 6.20 Å². The lowest BCUT2D eigenvalue weighted by atomic mass is 10.1. The zero-order valence-corrected chi connectivity index (χ0v) is 10.9. The molecule has 1 heterocycles. The third-order valence-corrected chi connectivity index (χ3v) is 3.16. The minimum atomic E-state index is -0.0675. The minimum absolute atomic E-state index is 0.0675. The van der Waals surface area contributed by atoms with Crippen molar-refractivity contribution in [2.45, 2.75) is 18.9 Å². The zero-order chi connectivity index (χ0) is 13.2. The van der Waals surface area contributed by atoms with E-state index in [-0.39, 0.29) is 5.78 Å². The summed E-state index contributed by atoms with van der Waals surface area (Å²) in [4.78, 5) is 16.1. The number of ketones is 1. The molecule has 3 rings (SSSR count). The van der Waals surface area contributed by atoms with Crippen LogP contribution in [-0.4, -0.2) is 16.9 Å². The van der Waals surface area contributed by atoms with E-state index in [0.717, 1.165) is 18.6 Å². The normalized spacial score (nSPS) is 14.2. The van der Waals surface area contributed by atoms with Gasteiger partial charge in [-0.05, 0) is 49.2 Å². The Morgan fingerprint density at radius 3 is 2.37 bits per heavy atom. The molecule has 0 radical (unpaired) electrons. The third-order valence-electron chi connectivity index (χ3n) is 2.93. The van der Waals surface area contributed by atoms with Crippen LogP contribution in [0, 0.1) is 0 Å². The molecular formula is C15H12ClNO2. The first-order valence-electron chi connectivity index (χ1n) is 6.15. The van der Waals surface area contributed by atoms with Crippen molar-refractivity contribution in [1.29, 1.82) is 0 Å². The van der Waals surface area contributed by atoms with Gasteiger partial charge < -0.3 is 4.74 Å². The molecule has 96 valence electrons. The third kappa shape index (κ3) is 2.93. The number of carbonyl (C=O) groups excluding carboxylic acids is 1. The highest BCUT2D eigenvalue weighted by Crippen LogP contribution is 2.27. The molecule has 1 aromatic heterocycles. The van der Waals surface area contributed by atoms with Crippen LogP contribution in [0.3, 0.4) is 0 Å². The second-order valence-electron chi connectivity index (χ2n) is 4.54. The molecule has 1 fully saturated rings. The number of pyridine rings is 1. The van der Waals surface area contributed by atoms with Crippen molar-refractivity contribution in [3.05, 3.63) is 58.9 Å². The van der Waals surface area contributed by atoms with E-state index in [4.69, 9.17) is 16.3 Å². The van der Waals surface area contributed by atoms with Gasteiger partial charge in [0.1, 0.15) is 10.9 Å². The quantitative estimate of drug-likeness (QED) is 0.632. The summed E-state index contributed by atoms with van der Waals surface area (Å²) in [7, 11) is 0. The maximum absolute atomic E-state index is 12.2. The van der Waals surface area contributed by atoms with E-state index in [0.29, 0.717) is 22.4 Å². The first kappa shape index (κ1) is 12.2. The largest absolute Gasteiger partial charge is 0.490 e. The van der Waals surface area contributed by atoms with Gasteiger partial charge in [-0.1, -0.05) is 11.6 Å². The molecule has 0 aliphatic heterocycles. The Balaban J connectivity index is 1.77. The Hall–Kier alpha value is -1.87. The van der Waals surface area contributed by atoms with Crippen LogP contribution >= 0.6 is 11.6 Å². The first-order valence-corrected chi connectivity index (χ1v) is 6.53. The van der Waals surface area contributed by atoms with Gasteiger partial charge in [0.2, 0.25) is 0 Å². The van der Waals surface area contributed by atoms with E-state index in [2.05, 4.69) is 4.98 Å². The lowest BCUT2D eigenvalue weighted by Gasteiger charge is -2.05. The van der Waals surface area contributed by atoms with Crippen LogP contribution in [0.25, 0.3) is 0 Å².